The number of tetrazole rings is 1. The summed E-state index contributed by atoms with van der Waals surface area (Å²) in [7, 11) is 0. The molecular weight excluding hydrogens is 366 g/mol. The molecule has 2 N–H and O–H groups in total. The molecule has 1 atom stereocenters. The highest BCUT2D eigenvalue weighted by molar-refractivity contribution is 9.11. The van der Waals surface area contributed by atoms with Crippen molar-refractivity contribution in [2.75, 3.05) is 0 Å². The van der Waals surface area contributed by atoms with Crippen LogP contribution in [0.4, 0.5) is 0 Å². The van der Waals surface area contributed by atoms with Gasteiger partial charge in [0.2, 0.25) is 0 Å². The number of hydrogen-bond acceptors (Lipinski definition) is 4. The Morgan fingerprint density at radius 2 is 2.00 bits per heavy atom. The van der Waals surface area contributed by atoms with Crippen molar-refractivity contribution >= 4 is 37.8 Å². The SMILES string of the molecule is CC(NC(=O)c1cc(Br)cc(Br)c1)c1nn[nH]n1. The highest BCUT2D eigenvalue weighted by Crippen LogP contribution is 2.20. The van der Waals surface area contributed by atoms with Crippen LogP contribution in [0.1, 0.15) is 29.1 Å². The predicted molar refractivity (Wildman–Crippen MR) is 71.9 cm³/mol. The highest BCUT2D eigenvalue weighted by Gasteiger charge is 2.15. The molecule has 18 heavy (non-hydrogen) atoms. The number of aromatic amines is 1. The van der Waals surface area contributed by atoms with Gasteiger partial charge in [0.1, 0.15) is 0 Å². The molecule has 2 aromatic rings. The van der Waals surface area contributed by atoms with E-state index >= 15 is 0 Å². The molecule has 1 aromatic heterocycles. The van der Waals surface area contributed by atoms with Gasteiger partial charge in [-0.05, 0) is 25.1 Å². The first-order valence-corrected chi connectivity index (χ1v) is 6.65. The first-order chi connectivity index (χ1) is 8.56. The van der Waals surface area contributed by atoms with Crippen LogP contribution in [0.3, 0.4) is 0 Å². The van der Waals surface area contributed by atoms with Crippen LogP contribution in [-0.4, -0.2) is 26.5 Å². The predicted octanol–water partition coefficient (Wildman–Crippen LogP) is 2.22. The average molecular weight is 375 g/mol. The number of rotatable bonds is 3. The monoisotopic (exact) mass is 373 g/mol. The van der Waals surface area contributed by atoms with Crippen LogP contribution < -0.4 is 5.32 Å². The lowest BCUT2D eigenvalue weighted by atomic mass is 10.2. The number of benzene rings is 1. The molecule has 1 amide bonds. The standard InChI is InChI=1S/C10H9Br2N5O/c1-5(9-14-16-17-15-9)13-10(18)6-2-7(11)4-8(12)3-6/h2-5H,1H3,(H,13,18)(H,14,15,16,17). The maximum absolute atomic E-state index is 12.0. The van der Waals surface area contributed by atoms with Gasteiger partial charge < -0.3 is 5.32 Å². The van der Waals surface area contributed by atoms with Gasteiger partial charge in [0.05, 0.1) is 6.04 Å². The van der Waals surface area contributed by atoms with Crippen LogP contribution in [0.5, 0.6) is 0 Å². The van der Waals surface area contributed by atoms with Crippen LogP contribution in [0.15, 0.2) is 27.1 Å². The molecule has 0 saturated heterocycles. The summed E-state index contributed by atoms with van der Waals surface area (Å²) in [5, 5.41) is 16.2. The van der Waals surface area contributed by atoms with Gasteiger partial charge in [0.15, 0.2) is 5.82 Å². The second-order valence-corrected chi connectivity index (χ2v) is 5.45. The number of carbonyl (C=O) groups is 1. The number of hydrogen-bond donors (Lipinski definition) is 2. The summed E-state index contributed by atoms with van der Waals surface area (Å²) in [5.41, 5.74) is 0.548. The van der Waals surface area contributed by atoms with Gasteiger partial charge in [-0.1, -0.05) is 37.1 Å². The van der Waals surface area contributed by atoms with E-state index in [2.05, 4.69) is 57.8 Å². The van der Waals surface area contributed by atoms with E-state index in [1.807, 2.05) is 6.07 Å². The van der Waals surface area contributed by atoms with Crippen molar-refractivity contribution in [1.29, 1.82) is 0 Å². The maximum atomic E-state index is 12.0. The minimum absolute atomic E-state index is 0.200. The van der Waals surface area contributed by atoms with Crippen LogP contribution in [0.2, 0.25) is 0 Å². The zero-order chi connectivity index (χ0) is 13.1. The summed E-state index contributed by atoms with van der Waals surface area (Å²) >= 11 is 6.67. The Morgan fingerprint density at radius 1 is 1.33 bits per heavy atom. The molecule has 0 bridgehead atoms. The van der Waals surface area contributed by atoms with Crippen molar-refractivity contribution in [3.63, 3.8) is 0 Å². The Morgan fingerprint density at radius 3 is 2.56 bits per heavy atom. The van der Waals surface area contributed by atoms with E-state index in [9.17, 15) is 4.79 Å². The van der Waals surface area contributed by atoms with Gasteiger partial charge in [-0.2, -0.15) is 5.21 Å². The molecule has 0 aliphatic carbocycles. The summed E-state index contributed by atoms with van der Waals surface area (Å²) in [4.78, 5) is 12.0. The van der Waals surface area contributed by atoms with Crippen LogP contribution in [-0.2, 0) is 0 Å². The lowest BCUT2D eigenvalue weighted by Gasteiger charge is -2.10. The number of nitrogens with one attached hydrogen (secondary N) is 2. The highest BCUT2D eigenvalue weighted by atomic mass is 79.9. The number of H-pyrrole nitrogens is 1. The first-order valence-electron chi connectivity index (χ1n) is 5.06. The van der Waals surface area contributed by atoms with E-state index in [1.54, 1.807) is 19.1 Å². The maximum Gasteiger partial charge on any atom is 0.251 e. The largest absolute Gasteiger partial charge is 0.342 e. The Kier molecular flexibility index (Phi) is 4.07. The number of carbonyl (C=O) groups excluding carboxylic acids is 1. The van der Waals surface area contributed by atoms with Crippen molar-refractivity contribution < 1.29 is 4.79 Å². The van der Waals surface area contributed by atoms with Crippen LogP contribution in [0, 0.1) is 0 Å². The number of amides is 1. The molecule has 0 fully saturated rings. The molecule has 6 nitrogen and oxygen atoms in total. The third kappa shape index (κ3) is 3.14. The van der Waals surface area contributed by atoms with Crippen molar-refractivity contribution in [3.05, 3.63) is 38.5 Å². The normalized spacial score (nSPS) is 12.2. The topological polar surface area (TPSA) is 83.6 Å². The molecule has 1 heterocycles. The van der Waals surface area contributed by atoms with E-state index in [1.165, 1.54) is 0 Å². The smallest absolute Gasteiger partial charge is 0.251 e. The zero-order valence-corrected chi connectivity index (χ0v) is 12.5. The molecule has 1 aromatic carbocycles. The van der Waals surface area contributed by atoms with E-state index in [0.717, 1.165) is 8.95 Å². The molecule has 2 rings (SSSR count). The van der Waals surface area contributed by atoms with Gasteiger partial charge >= 0.3 is 0 Å². The molecule has 0 radical (unpaired) electrons. The van der Waals surface area contributed by atoms with Crippen molar-refractivity contribution in [3.8, 4) is 0 Å². The molecule has 0 saturated carbocycles. The van der Waals surface area contributed by atoms with E-state index in [-0.39, 0.29) is 11.9 Å². The van der Waals surface area contributed by atoms with E-state index in [4.69, 9.17) is 0 Å². The van der Waals surface area contributed by atoms with Gasteiger partial charge in [0, 0.05) is 14.5 Å². The Balaban J connectivity index is 2.12. The first kappa shape index (κ1) is 13.2. The van der Waals surface area contributed by atoms with Gasteiger partial charge in [-0.25, -0.2) is 0 Å². The lowest BCUT2D eigenvalue weighted by Crippen LogP contribution is -2.27. The minimum atomic E-state index is -0.311. The summed E-state index contributed by atoms with van der Waals surface area (Å²) < 4.78 is 1.66. The third-order valence-electron chi connectivity index (χ3n) is 2.22. The third-order valence-corrected chi connectivity index (χ3v) is 3.14. The Labute approximate surface area is 120 Å². The minimum Gasteiger partial charge on any atom is -0.342 e. The summed E-state index contributed by atoms with van der Waals surface area (Å²) in [6, 6.07) is 5.03. The van der Waals surface area contributed by atoms with E-state index < -0.39 is 0 Å². The number of nitrogens with zero attached hydrogens (tertiary/aromatic N) is 3. The Hall–Kier alpha value is -1.28. The second-order valence-electron chi connectivity index (χ2n) is 3.62. The lowest BCUT2D eigenvalue weighted by molar-refractivity contribution is 0.0938. The number of aromatic nitrogens is 4. The summed E-state index contributed by atoms with van der Waals surface area (Å²) in [5.74, 6) is 0.242. The van der Waals surface area contributed by atoms with Gasteiger partial charge in [0.25, 0.3) is 5.91 Å². The quantitative estimate of drug-likeness (QED) is 0.862. The molecule has 8 heteroatoms. The summed E-state index contributed by atoms with van der Waals surface area (Å²) in [6.45, 7) is 1.79. The molecular formula is C10H9Br2N5O. The van der Waals surface area contributed by atoms with Crippen molar-refractivity contribution in [2.45, 2.75) is 13.0 Å². The second kappa shape index (κ2) is 5.57. The fourth-order valence-corrected chi connectivity index (χ4v) is 2.68. The van der Waals surface area contributed by atoms with Crippen molar-refractivity contribution in [1.82, 2.24) is 25.9 Å². The fourth-order valence-electron chi connectivity index (χ4n) is 1.38. The van der Waals surface area contributed by atoms with Gasteiger partial charge in [-0.3, -0.25) is 4.79 Å². The van der Waals surface area contributed by atoms with Gasteiger partial charge in [-0.15, -0.1) is 10.2 Å². The molecule has 0 spiro atoms. The van der Waals surface area contributed by atoms with Crippen LogP contribution in [0.25, 0.3) is 0 Å². The number of halogens is 2. The molecule has 1 unspecified atom stereocenters. The fraction of sp³-hybridized carbons (Fsp3) is 0.200. The van der Waals surface area contributed by atoms with Crippen molar-refractivity contribution in [2.24, 2.45) is 0 Å². The molecule has 0 aliphatic rings. The molecule has 94 valence electrons. The average Bonchev–Trinajstić information content (AvgIpc) is 2.80. The van der Waals surface area contributed by atoms with E-state index in [0.29, 0.717) is 11.4 Å². The molecule has 0 aliphatic heterocycles. The Bertz CT molecular complexity index is 537. The van der Waals surface area contributed by atoms with Crippen LogP contribution >= 0.6 is 31.9 Å². The zero-order valence-electron chi connectivity index (χ0n) is 9.32. The summed E-state index contributed by atoms with van der Waals surface area (Å²) in [6.07, 6.45) is 0.